The number of nitrogens with zero attached hydrogens (tertiary/aromatic N) is 2. The summed E-state index contributed by atoms with van der Waals surface area (Å²) in [7, 11) is 0. The number of benzene rings is 1. The van der Waals surface area contributed by atoms with Crippen molar-refractivity contribution in [3.63, 3.8) is 0 Å². The zero-order valence-corrected chi connectivity index (χ0v) is 8.13. The van der Waals surface area contributed by atoms with Gasteiger partial charge in [0.05, 0.1) is 11.3 Å². The molecular weight excluding hydrogens is 160 g/mol. The van der Waals surface area contributed by atoms with Gasteiger partial charge in [0.2, 0.25) is 0 Å². The molecule has 1 rings (SSSR count). The van der Waals surface area contributed by atoms with Crippen molar-refractivity contribution in [3.05, 3.63) is 28.8 Å². The van der Waals surface area contributed by atoms with Gasteiger partial charge in [0.25, 0.3) is 0 Å². The van der Waals surface area contributed by atoms with Gasteiger partial charge >= 0.3 is 0 Å². The molecule has 0 radical (unpaired) electrons. The van der Waals surface area contributed by atoms with Gasteiger partial charge in [0, 0.05) is 6.21 Å². The summed E-state index contributed by atoms with van der Waals surface area (Å²) in [6.07, 6.45) is 1.70. The molecule has 0 heterocycles. The lowest BCUT2D eigenvalue weighted by molar-refractivity contribution is 1.31. The zero-order valence-electron chi connectivity index (χ0n) is 8.13. The van der Waals surface area contributed by atoms with E-state index in [1.807, 2.05) is 32.9 Å². The van der Waals surface area contributed by atoms with E-state index in [1.54, 1.807) is 6.21 Å². The first-order chi connectivity index (χ1) is 6.19. The minimum Gasteiger partial charge on any atom is -0.260 e. The van der Waals surface area contributed by atoms with Crippen LogP contribution < -0.4 is 0 Å². The molecule has 0 bridgehead atoms. The summed E-state index contributed by atoms with van der Waals surface area (Å²) >= 11 is 0. The average Bonchev–Trinajstić information content (AvgIpc) is 2.11. The van der Waals surface area contributed by atoms with E-state index >= 15 is 0 Å². The molecule has 0 N–H and O–H groups in total. The summed E-state index contributed by atoms with van der Waals surface area (Å²) in [5.74, 6) is 0. The smallest absolute Gasteiger partial charge is 0.101 e. The second kappa shape index (κ2) is 3.86. The summed E-state index contributed by atoms with van der Waals surface area (Å²) in [5.41, 5.74) is 3.69. The van der Waals surface area contributed by atoms with Crippen molar-refractivity contribution < 1.29 is 0 Å². The van der Waals surface area contributed by atoms with Crippen molar-refractivity contribution in [3.8, 4) is 6.07 Å². The Balaban J connectivity index is 3.35. The molecule has 0 amide bonds. The van der Waals surface area contributed by atoms with E-state index in [9.17, 15) is 0 Å². The van der Waals surface area contributed by atoms with Gasteiger partial charge in [-0.3, -0.25) is 4.99 Å². The average molecular weight is 172 g/mol. The van der Waals surface area contributed by atoms with Crippen LogP contribution in [0.3, 0.4) is 0 Å². The van der Waals surface area contributed by atoms with Crippen LogP contribution in [-0.2, 0) is 0 Å². The molecule has 13 heavy (non-hydrogen) atoms. The fourth-order valence-electron chi connectivity index (χ4n) is 1.14. The predicted molar refractivity (Wildman–Crippen MR) is 54.5 cm³/mol. The lowest BCUT2D eigenvalue weighted by atomic mass is 10.1. The number of hydrogen-bond donors (Lipinski definition) is 0. The Bertz CT molecular complexity index is 384. The topological polar surface area (TPSA) is 36.1 Å². The van der Waals surface area contributed by atoms with Crippen LogP contribution in [-0.4, -0.2) is 6.21 Å². The summed E-state index contributed by atoms with van der Waals surface area (Å²) in [4.78, 5) is 4.13. The highest BCUT2D eigenvalue weighted by atomic mass is 14.7. The highest BCUT2D eigenvalue weighted by molar-refractivity contribution is 5.66. The van der Waals surface area contributed by atoms with Gasteiger partial charge in [-0.2, -0.15) is 5.26 Å². The van der Waals surface area contributed by atoms with Gasteiger partial charge in [0.1, 0.15) is 6.07 Å². The molecule has 1 aromatic rings. The monoisotopic (exact) mass is 172 g/mol. The second-order valence-electron chi connectivity index (χ2n) is 2.95. The van der Waals surface area contributed by atoms with Gasteiger partial charge in [-0.25, -0.2) is 0 Å². The summed E-state index contributed by atoms with van der Waals surface area (Å²) in [5, 5.41) is 8.84. The SMILES string of the molecule is CC=Nc1cc(C)c(C)cc1C#N. The fourth-order valence-corrected chi connectivity index (χ4v) is 1.14. The third-order valence-corrected chi connectivity index (χ3v) is 2.00. The maximum Gasteiger partial charge on any atom is 0.101 e. The van der Waals surface area contributed by atoms with E-state index in [1.165, 1.54) is 5.56 Å². The van der Waals surface area contributed by atoms with Crippen molar-refractivity contribution in [1.82, 2.24) is 0 Å². The van der Waals surface area contributed by atoms with Gasteiger partial charge in [-0.05, 0) is 44.0 Å². The Morgan fingerprint density at radius 2 is 1.92 bits per heavy atom. The molecule has 0 saturated carbocycles. The minimum atomic E-state index is 0.640. The molecule has 0 fully saturated rings. The number of aryl methyl sites for hydroxylation is 2. The van der Waals surface area contributed by atoms with Crippen molar-refractivity contribution >= 4 is 11.9 Å². The lowest BCUT2D eigenvalue weighted by Crippen LogP contribution is -1.84. The zero-order chi connectivity index (χ0) is 9.84. The molecule has 1 aromatic carbocycles. The van der Waals surface area contributed by atoms with Gasteiger partial charge in [0.15, 0.2) is 0 Å². The molecular formula is C11H12N2. The largest absolute Gasteiger partial charge is 0.260 e. The number of hydrogen-bond acceptors (Lipinski definition) is 2. The molecule has 0 unspecified atom stereocenters. The highest BCUT2D eigenvalue weighted by Gasteiger charge is 2.02. The molecule has 0 aliphatic heterocycles. The van der Waals surface area contributed by atoms with E-state index in [-0.39, 0.29) is 0 Å². The first-order valence-corrected chi connectivity index (χ1v) is 4.19. The normalized spacial score (nSPS) is 10.3. The van der Waals surface area contributed by atoms with Crippen LogP contribution in [0.4, 0.5) is 5.69 Å². The first kappa shape index (κ1) is 9.47. The standard InChI is InChI=1S/C11H12N2/c1-4-13-11-6-9(3)8(2)5-10(11)7-12/h4-6H,1-3H3. The number of rotatable bonds is 1. The third kappa shape index (κ3) is 1.94. The van der Waals surface area contributed by atoms with Crippen LogP contribution in [0.15, 0.2) is 17.1 Å². The van der Waals surface area contributed by atoms with Crippen LogP contribution in [0.1, 0.15) is 23.6 Å². The summed E-state index contributed by atoms with van der Waals surface area (Å²) < 4.78 is 0. The third-order valence-electron chi connectivity index (χ3n) is 2.00. The van der Waals surface area contributed by atoms with Crippen LogP contribution >= 0.6 is 0 Å². The molecule has 66 valence electrons. The van der Waals surface area contributed by atoms with E-state index in [0.29, 0.717) is 5.56 Å². The summed E-state index contributed by atoms with van der Waals surface area (Å²) in [6, 6.07) is 5.95. The lowest BCUT2D eigenvalue weighted by Gasteiger charge is -2.02. The number of nitriles is 1. The summed E-state index contributed by atoms with van der Waals surface area (Å²) in [6.45, 7) is 5.86. The molecule has 0 aliphatic rings. The quantitative estimate of drug-likeness (QED) is 0.600. The molecule has 2 nitrogen and oxygen atoms in total. The van der Waals surface area contributed by atoms with E-state index in [0.717, 1.165) is 11.3 Å². The Hall–Kier alpha value is -1.62. The maximum atomic E-state index is 8.84. The Morgan fingerprint density at radius 1 is 1.31 bits per heavy atom. The van der Waals surface area contributed by atoms with Gasteiger partial charge in [-0.15, -0.1) is 0 Å². The van der Waals surface area contributed by atoms with Gasteiger partial charge < -0.3 is 0 Å². The molecule has 0 spiro atoms. The molecule has 0 atom stereocenters. The second-order valence-corrected chi connectivity index (χ2v) is 2.95. The van der Waals surface area contributed by atoms with Crippen LogP contribution in [0.2, 0.25) is 0 Å². The minimum absolute atomic E-state index is 0.640. The van der Waals surface area contributed by atoms with E-state index in [2.05, 4.69) is 11.1 Å². The van der Waals surface area contributed by atoms with Crippen molar-refractivity contribution in [2.45, 2.75) is 20.8 Å². The maximum absolute atomic E-state index is 8.84. The van der Waals surface area contributed by atoms with Crippen molar-refractivity contribution in [2.24, 2.45) is 4.99 Å². The molecule has 0 aromatic heterocycles. The Labute approximate surface area is 78.5 Å². The molecule has 0 aliphatic carbocycles. The Morgan fingerprint density at radius 3 is 2.46 bits per heavy atom. The van der Waals surface area contributed by atoms with E-state index < -0.39 is 0 Å². The van der Waals surface area contributed by atoms with Crippen LogP contribution in [0.5, 0.6) is 0 Å². The number of aliphatic imine (C=N–C) groups is 1. The first-order valence-electron chi connectivity index (χ1n) is 4.19. The van der Waals surface area contributed by atoms with E-state index in [4.69, 9.17) is 5.26 Å². The van der Waals surface area contributed by atoms with Crippen LogP contribution in [0.25, 0.3) is 0 Å². The highest BCUT2D eigenvalue weighted by Crippen LogP contribution is 2.22. The molecule has 2 heteroatoms. The van der Waals surface area contributed by atoms with Crippen molar-refractivity contribution in [1.29, 1.82) is 5.26 Å². The van der Waals surface area contributed by atoms with Gasteiger partial charge in [-0.1, -0.05) is 0 Å². The molecule has 0 saturated heterocycles. The van der Waals surface area contributed by atoms with Crippen LogP contribution in [0, 0.1) is 25.2 Å². The Kier molecular flexibility index (Phi) is 2.81. The predicted octanol–water partition coefficient (Wildman–Crippen LogP) is 2.90. The van der Waals surface area contributed by atoms with Crippen molar-refractivity contribution in [2.75, 3.05) is 0 Å². The fraction of sp³-hybridized carbons (Fsp3) is 0.273.